The maximum absolute atomic E-state index is 12.4. The van der Waals surface area contributed by atoms with Gasteiger partial charge in [-0.25, -0.2) is 4.79 Å². The van der Waals surface area contributed by atoms with Gasteiger partial charge in [-0.2, -0.15) is 0 Å². The monoisotopic (exact) mass is 447 g/mol. The summed E-state index contributed by atoms with van der Waals surface area (Å²) in [6.07, 6.45) is 1.25. The number of imide groups is 1. The van der Waals surface area contributed by atoms with Crippen molar-refractivity contribution in [2.24, 2.45) is 0 Å². The Morgan fingerprint density at radius 3 is 1.72 bits per heavy atom. The van der Waals surface area contributed by atoms with Gasteiger partial charge in [0.15, 0.2) is 0 Å². The Balaban J connectivity index is 1.83. The highest BCUT2D eigenvalue weighted by molar-refractivity contribution is 8.00. The summed E-state index contributed by atoms with van der Waals surface area (Å²) < 4.78 is 4.55. The highest BCUT2D eigenvalue weighted by Crippen LogP contribution is 2.48. The third-order valence-electron chi connectivity index (χ3n) is 5.16. The predicted molar refractivity (Wildman–Crippen MR) is 131 cm³/mol. The van der Waals surface area contributed by atoms with Crippen LogP contribution in [0.3, 0.4) is 0 Å². The summed E-state index contributed by atoms with van der Waals surface area (Å²) in [7, 11) is 0. The van der Waals surface area contributed by atoms with Crippen molar-refractivity contribution < 1.29 is 14.3 Å². The predicted octanol–water partition coefficient (Wildman–Crippen LogP) is 6.15. The number of hydrogen-bond donors (Lipinski definition) is 1. The lowest BCUT2D eigenvalue weighted by molar-refractivity contribution is -0.120. The first-order valence-corrected chi connectivity index (χ1v) is 11.9. The molecule has 0 radical (unpaired) electrons. The number of ether oxygens (including phenoxy) is 1. The van der Waals surface area contributed by atoms with Gasteiger partial charge in [0.2, 0.25) is 5.91 Å². The van der Waals surface area contributed by atoms with Gasteiger partial charge in [0.1, 0.15) is 0 Å². The molecule has 3 aromatic carbocycles. The molecule has 0 fully saturated rings. The van der Waals surface area contributed by atoms with E-state index in [-0.39, 0.29) is 12.3 Å². The SMILES string of the molecule is CCCCOC(=O)NC(=O)CCSC(c1ccccc1)(c1ccccc1)c1ccccc1. The van der Waals surface area contributed by atoms with Crippen LogP contribution in [0.5, 0.6) is 0 Å². The average Bonchev–Trinajstić information content (AvgIpc) is 2.84. The van der Waals surface area contributed by atoms with Crippen LogP contribution >= 0.6 is 11.8 Å². The lowest BCUT2D eigenvalue weighted by Gasteiger charge is -2.35. The number of nitrogens with one attached hydrogen (secondary N) is 1. The quantitative estimate of drug-likeness (QED) is 0.299. The molecular formula is C27H29NO3S. The van der Waals surface area contributed by atoms with Crippen molar-refractivity contribution >= 4 is 23.8 Å². The lowest BCUT2D eigenvalue weighted by atomic mass is 9.84. The van der Waals surface area contributed by atoms with E-state index in [9.17, 15) is 9.59 Å². The number of carbonyl (C=O) groups is 2. The minimum absolute atomic E-state index is 0.210. The highest BCUT2D eigenvalue weighted by Gasteiger charge is 2.36. The van der Waals surface area contributed by atoms with Gasteiger partial charge in [-0.3, -0.25) is 10.1 Å². The van der Waals surface area contributed by atoms with Gasteiger partial charge in [-0.15, -0.1) is 11.8 Å². The topological polar surface area (TPSA) is 55.4 Å². The Morgan fingerprint density at radius 1 is 0.812 bits per heavy atom. The van der Waals surface area contributed by atoms with Crippen LogP contribution in [0, 0.1) is 0 Å². The van der Waals surface area contributed by atoms with Gasteiger partial charge in [0, 0.05) is 12.2 Å². The van der Waals surface area contributed by atoms with Crippen molar-refractivity contribution in [2.75, 3.05) is 12.4 Å². The third-order valence-corrected chi connectivity index (χ3v) is 6.71. The second-order valence-corrected chi connectivity index (χ2v) is 8.72. The van der Waals surface area contributed by atoms with E-state index in [2.05, 4.69) is 41.7 Å². The second-order valence-electron chi connectivity index (χ2n) is 7.42. The van der Waals surface area contributed by atoms with Crippen LogP contribution in [0.2, 0.25) is 0 Å². The van der Waals surface area contributed by atoms with Gasteiger partial charge in [-0.05, 0) is 23.1 Å². The fraction of sp³-hybridized carbons (Fsp3) is 0.259. The Hall–Kier alpha value is -3.05. The molecule has 166 valence electrons. The highest BCUT2D eigenvalue weighted by atomic mass is 32.2. The standard InChI is InChI=1S/C27H29NO3S/c1-2-3-20-31-26(30)28-25(29)19-21-32-27(22-13-7-4-8-14-22,23-15-9-5-10-16-23)24-17-11-6-12-18-24/h4-18H,2-3,19-21H2,1H3,(H,28,29,30). The number of hydrogen-bond acceptors (Lipinski definition) is 4. The maximum Gasteiger partial charge on any atom is 0.413 e. The molecule has 0 saturated carbocycles. The number of unbranched alkanes of at least 4 members (excludes halogenated alkanes) is 1. The molecule has 0 aliphatic carbocycles. The molecule has 3 aromatic rings. The van der Waals surface area contributed by atoms with Gasteiger partial charge >= 0.3 is 6.09 Å². The molecule has 0 saturated heterocycles. The Bertz CT molecular complexity index is 881. The van der Waals surface area contributed by atoms with E-state index in [1.807, 2.05) is 61.5 Å². The fourth-order valence-electron chi connectivity index (χ4n) is 3.59. The van der Waals surface area contributed by atoms with E-state index in [0.717, 1.165) is 29.5 Å². The van der Waals surface area contributed by atoms with Gasteiger partial charge in [-0.1, -0.05) is 104 Å². The van der Waals surface area contributed by atoms with Crippen LogP contribution in [0.4, 0.5) is 4.79 Å². The van der Waals surface area contributed by atoms with Crippen molar-refractivity contribution in [3.05, 3.63) is 108 Å². The lowest BCUT2D eigenvalue weighted by Crippen LogP contribution is -2.32. The third kappa shape index (κ3) is 6.01. The van der Waals surface area contributed by atoms with Crippen molar-refractivity contribution in [3.63, 3.8) is 0 Å². The van der Waals surface area contributed by atoms with E-state index in [4.69, 9.17) is 4.74 Å². The van der Waals surface area contributed by atoms with E-state index < -0.39 is 10.8 Å². The molecule has 4 nitrogen and oxygen atoms in total. The first kappa shape index (κ1) is 23.6. The fourth-order valence-corrected chi connectivity index (χ4v) is 5.09. The zero-order valence-corrected chi connectivity index (χ0v) is 19.1. The number of alkyl carbamates (subject to hydrolysis) is 1. The molecule has 0 atom stereocenters. The largest absolute Gasteiger partial charge is 0.449 e. The second kappa shape index (κ2) is 12.1. The van der Waals surface area contributed by atoms with Gasteiger partial charge < -0.3 is 4.74 Å². The Kier molecular flexibility index (Phi) is 8.93. The summed E-state index contributed by atoms with van der Waals surface area (Å²) >= 11 is 1.69. The molecule has 0 unspecified atom stereocenters. The van der Waals surface area contributed by atoms with Crippen molar-refractivity contribution in [1.82, 2.24) is 5.32 Å². The van der Waals surface area contributed by atoms with E-state index in [1.165, 1.54) is 0 Å². The van der Waals surface area contributed by atoms with Crippen molar-refractivity contribution in [3.8, 4) is 0 Å². The van der Waals surface area contributed by atoms with Crippen molar-refractivity contribution in [1.29, 1.82) is 0 Å². The minimum Gasteiger partial charge on any atom is -0.449 e. The summed E-state index contributed by atoms with van der Waals surface area (Å²) in [5, 5.41) is 2.33. The van der Waals surface area contributed by atoms with Gasteiger partial charge in [0.05, 0.1) is 11.4 Å². The molecule has 32 heavy (non-hydrogen) atoms. The molecule has 0 bridgehead atoms. The van der Waals surface area contributed by atoms with Crippen LogP contribution < -0.4 is 5.32 Å². The molecule has 0 spiro atoms. The first-order valence-electron chi connectivity index (χ1n) is 10.9. The number of thioether (sulfide) groups is 1. The van der Waals surface area contributed by atoms with Gasteiger partial charge in [0.25, 0.3) is 0 Å². The first-order chi connectivity index (χ1) is 15.7. The van der Waals surface area contributed by atoms with Crippen LogP contribution in [-0.4, -0.2) is 24.4 Å². The van der Waals surface area contributed by atoms with E-state index >= 15 is 0 Å². The summed E-state index contributed by atoms with van der Waals surface area (Å²) in [5.74, 6) is 0.203. The number of rotatable bonds is 10. The molecule has 1 N–H and O–H groups in total. The van der Waals surface area contributed by atoms with E-state index in [1.54, 1.807) is 11.8 Å². The number of carbonyl (C=O) groups excluding carboxylic acids is 2. The van der Waals surface area contributed by atoms with E-state index in [0.29, 0.717) is 12.4 Å². The average molecular weight is 448 g/mol. The van der Waals surface area contributed by atoms with Crippen LogP contribution in [0.15, 0.2) is 91.0 Å². The summed E-state index contributed by atoms with van der Waals surface area (Å²) in [6.45, 7) is 2.34. The molecular weight excluding hydrogens is 418 g/mol. The maximum atomic E-state index is 12.4. The molecule has 0 aliphatic heterocycles. The van der Waals surface area contributed by atoms with Crippen LogP contribution in [0.1, 0.15) is 42.9 Å². The number of benzene rings is 3. The van der Waals surface area contributed by atoms with Crippen molar-refractivity contribution in [2.45, 2.75) is 30.9 Å². The summed E-state index contributed by atoms with van der Waals surface area (Å²) in [6, 6.07) is 31.0. The van der Waals surface area contributed by atoms with Crippen LogP contribution in [-0.2, 0) is 14.3 Å². The molecule has 0 aromatic heterocycles. The Morgan fingerprint density at radius 2 is 1.28 bits per heavy atom. The normalized spacial score (nSPS) is 11.0. The molecule has 3 rings (SSSR count). The summed E-state index contributed by atoms with van der Waals surface area (Å²) in [5.41, 5.74) is 3.42. The summed E-state index contributed by atoms with van der Waals surface area (Å²) in [4.78, 5) is 24.1. The Labute approximate surface area is 194 Å². The molecule has 2 amide bonds. The zero-order valence-electron chi connectivity index (χ0n) is 18.3. The number of amides is 2. The van der Waals surface area contributed by atoms with Crippen LogP contribution in [0.25, 0.3) is 0 Å². The molecule has 0 heterocycles. The zero-order chi connectivity index (χ0) is 22.7. The minimum atomic E-state index is -0.672. The molecule has 5 heteroatoms. The smallest absolute Gasteiger partial charge is 0.413 e. The molecule has 0 aliphatic rings.